The largest absolute Gasteiger partial charge is 0.504 e. The molecule has 5 heteroatoms. The van der Waals surface area contributed by atoms with Gasteiger partial charge in [0.25, 0.3) is 0 Å². The Morgan fingerprint density at radius 1 is 1.33 bits per heavy atom. The summed E-state index contributed by atoms with van der Waals surface area (Å²) < 4.78 is 0. The lowest BCUT2D eigenvalue weighted by Crippen LogP contribution is -2.17. The molecule has 2 rings (SSSR count). The summed E-state index contributed by atoms with van der Waals surface area (Å²) in [5, 5.41) is 31.4. The summed E-state index contributed by atoms with van der Waals surface area (Å²) in [5.41, 5.74) is 2.37. The van der Waals surface area contributed by atoms with Gasteiger partial charge in [0.05, 0.1) is 5.92 Å². The molecule has 0 bridgehead atoms. The number of phenols is 2. The molecule has 1 aromatic rings. The van der Waals surface area contributed by atoms with Crippen molar-refractivity contribution in [2.75, 3.05) is 6.54 Å². The molecule has 0 aromatic heterocycles. The maximum atomic E-state index is 10.9. The van der Waals surface area contributed by atoms with Crippen LogP contribution in [0.3, 0.4) is 0 Å². The van der Waals surface area contributed by atoms with Gasteiger partial charge in [0.15, 0.2) is 11.5 Å². The Kier molecular flexibility index (Phi) is 3.17. The second-order valence-corrected chi connectivity index (χ2v) is 4.82. The van der Waals surface area contributed by atoms with E-state index in [-0.39, 0.29) is 17.5 Å². The standard InChI is InChI=1S/C13H17NO4/c1-6-7(2)12(16)11(15)4-9(6)10-3-8(5-14-10)13(17)18/h4,8,10,14-16H,3,5H2,1-2H3,(H,17,18). The van der Waals surface area contributed by atoms with E-state index in [0.717, 1.165) is 11.1 Å². The van der Waals surface area contributed by atoms with Crippen LogP contribution in [0.4, 0.5) is 0 Å². The third-order valence-corrected chi connectivity index (χ3v) is 3.74. The highest BCUT2D eigenvalue weighted by Crippen LogP contribution is 2.38. The third-order valence-electron chi connectivity index (χ3n) is 3.74. The molecule has 2 unspecified atom stereocenters. The Morgan fingerprint density at radius 3 is 2.56 bits per heavy atom. The van der Waals surface area contributed by atoms with E-state index in [0.29, 0.717) is 18.5 Å². The van der Waals surface area contributed by atoms with Crippen molar-refractivity contribution in [3.05, 3.63) is 22.8 Å². The lowest BCUT2D eigenvalue weighted by atomic mass is 9.93. The Morgan fingerprint density at radius 2 is 2.00 bits per heavy atom. The van der Waals surface area contributed by atoms with Gasteiger partial charge in [0.2, 0.25) is 0 Å². The Balaban J connectivity index is 2.33. The molecule has 1 saturated heterocycles. The number of phenolic OH excluding ortho intramolecular Hbond substituents is 2. The van der Waals surface area contributed by atoms with E-state index in [9.17, 15) is 15.0 Å². The number of rotatable bonds is 2. The van der Waals surface area contributed by atoms with Crippen molar-refractivity contribution in [1.29, 1.82) is 0 Å². The lowest BCUT2D eigenvalue weighted by molar-refractivity contribution is -0.141. The Labute approximate surface area is 105 Å². The topological polar surface area (TPSA) is 89.8 Å². The first-order valence-corrected chi connectivity index (χ1v) is 5.90. The highest BCUT2D eigenvalue weighted by Gasteiger charge is 2.31. The monoisotopic (exact) mass is 251 g/mol. The van der Waals surface area contributed by atoms with Crippen molar-refractivity contribution < 1.29 is 20.1 Å². The van der Waals surface area contributed by atoms with E-state index in [1.165, 1.54) is 6.07 Å². The van der Waals surface area contributed by atoms with Gasteiger partial charge in [-0.25, -0.2) is 0 Å². The van der Waals surface area contributed by atoms with E-state index in [2.05, 4.69) is 5.32 Å². The van der Waals surface area contributed by atoms with E-state index < -0.39 is 11.9 Å². The fourth-order valence-electron chi connectivity index (χ4n) is 2.43. The molecule has 0 aliphatic carbocycles. The van der Waals surface area contributed by atoms with Crippen molar-refractivity contribution in [2.24, 2.45) is 5.92 Å². The highest BCUT2D eigenvalue weighted by molar-refractivity contribution is 5.71. The van der Waals surface area contributed by atoms with Crippen molar-refractivity contribution in [3.63, 3.8) is 0 Å². The number of nitrogens with one attached hydrogen (secondary N) is 1. The number of hydrogen-bond acceptors (Lipinski definition) is 4. The molecular formula is C13H17NO4. The van der Waals surface area contributed by atoms with E-state index in [1.807, 2.05) is 6.92 Å². The van der Waals surface area contributed by atoms with E-state index in [1.54, 1.807) is 6.92 Å². The van der Waals surface area contributed by atoms with Crippen LogP contribution in [-0.4, -0.2) is 27.8 Å². The molecule has 0 amide bonds. The van der Waals surface area contributed by atoms with Crippen LogP contribution in [-0.2, 0) is 4.79 Å². The quantitative estimate of drug-likeness (QED) is 0.597. The van der Waals surface area contributed by atoms with Crippen LogP contribution in [0.2, 0.25) is 0 Å². The van der Waals surface area contributed by atoms with Gasteiger partial charge in [-0.3, -0.25) is 4.79 Å². The predicted octanol–water partition coefficient (Wildman–Crippen LogP) is 1.45. The van der Waals surface area contributed by atoms with Crippen LogP contribution in [0.25, 0.3) is 0 Å². The predicted molar refractivity (Wildman–Crippen MR) is 65.7 cm³/mol. The summed E-state index contributed by atoms with van der Waals surface area (Å²) in [7, 11) is 0. The third kappa shape index (κ3) is 2.01. The van der Waals surface area contributed by atoms with Gasteiger partial charge in [-0.05, 0) is 43.0 Å². The second-order valence-electron chi connectivity index (χ2n) is 4.82. The number of benzene rings is 1. The zero-order valence-corrected chi connectivity index (χ0v) is 10.4. The maximum Gasteiger partial charge on any atom is 0.307 e. The molecule has 0 radical (unpaired) electrons. The summed E-state index contributed by atoms with van der Waals surface area (Å²) >= 11 is 0. The van der Waals surface area contributed by atoms with Crippen LogP contribution in [0.5, 0.6) is 11.5 Å². The SMILES string of the molecule is Cc1c(C2CC(C(=O)O)CN2)cc(O)c(O)c1C. The summed E-state index contributed by atoms with van der Waals surface area (Å²) in [6.45, 7) is 4.03. The Bertz CT molecular complexity index is 498. The normalized spacial score (nSPS) is 23.2. The molecule has 1 heterocycles. The summed E-state index contributed by atoms with van der Waals surface area (Å²) in [4.78, 5) is 10.9. The zero-order valence-electron chi connectivity index (χ0n) is 10.4. The minimum absolute atomic E-state index is 0.0868. The Hall–Kier alpha value is -1.75. The molecule has 5 nitrogen and oxygen atoms in total. The fourth-order valence-corrected chi connectivity index (χ4v) is 2.43. The summed E-state index contributed by atoms with van der Waals surface area (Å²) in [6, 6.07) is 1.43. The maximum absolute atomic E-state index is 10.9. The number of carboxylic acids is 1. The fraction of sp³-hybridized carbons (Fsp3) is 0.462. The zero-order chi connectivity index (χ0) is 13.4. The number of aliphatic carboxylic acids is 1. The van der Waals surface area contributed by atoms with Gasteiger partial charge >= 0.3 is 5.97 Å². The van der Waals surface area contributed by atoms with Gasteiger partial charge in [-0.1, -0.05) is 0 Å². The first-order chi connectivity index (χ1) is 8.41. The average Bonchev–Trinajstić information content (AvgIpc) is 2.80. The van der Waals surface area contributed by atoms with Gasteiger partial charge < -0.3 is 20.6 Å². The lowest BCUT2D eigenvalue weighted by Gasteiger charge is -2.17. The molecule has 18 heavy (non-hydrogen) atoms. The number of hydrogen-bond donors (Lipinski definition) is 4. The number of aromatic hydroxyl groups is 2. The molecule has 1 fully saturated rings. The van der Waals surface area contributed by atoms with Gasteiger partial charge in [-0.2, -0.15) is 0 Å². The first kappa shape index (κ1) is 12.7. The molecular weight excluding hydrogens is 234 g/mol. The second kappa shape index (κ2) is 4.49. The molecule has 0 saturated carbocycles. The highest BCUT2D eigenvalue weighted by atomic mass is 16.4. The van der Waals surface area contributed by atoms with Gasteiger partial charge in [0, 0.05) is 12.6 Å². The summed E-state index contributed by atoms with van der Waals surface area (Å²) in [6.07, 6.45) is 0.500. The summed E-state index contributed by atoms with van der Waals surface area (Å²) in [5.74, 6) is -1.47. The van der Waals surface area contributed by atoms with Crippen molar-refractivity contribution in [2.45, 2.75) is 26.3 Å². The van der Waals surface area contributed by atoms with Gasteiger partial charge in [-0.15, -0.1) is 0 Å². The first-order valence-electron chi connectivity index (χ1n) is 5.90. The van der Waals surface area contributed by atoms with Crippen LogP contribution < -0.4 is 5.32 Å². The van der Waals surface area contributed by atoms with E-state index >= 15 is 0 Å². The molecule has 98 valence electrons. The van der Waals surface area contributed by atoms with Crippen LogP contribution >= 0.6 is 0 Å². The minimum atomic E-state index is -0.803. The molecule has 1 aromatic carbocycles. The van der Waals surface area contributed by atoms with E-state index in [4.69, 9.17) is 5.11 Å². The molecule has 4 N–H and O–H groups in total. The molecule has 2 atom stereocenters. The van der Waals surface area contributed by atoms with Crippen LogP contribution in [0.1, 0.15) is 29.2 Å². The molecule has 0 spiro atoms. The van der Waals surface area contributed by atoms with Crippen molar-refractivity contribution >= 4 is 5.97 Å². The minimum Gasteiger partial charge on any atom is -0.504 e. The smallest absolute Gasteiger partial charge is 0.307 e. The van der Waals surface area contributed by atoms with Crippen molar-refractivity contribution in [1.82, 2.24) is 5.32 Å². The average molecular weight is 251 g/mol. The van der Waals surface area contributed by atoms with Gasteiger partial charge in [0.1, 0.15) is 0 Å². The molecule has 1 aliphatic heterocycles. The number of carbonyl (C=O) groups is 1. The van der Waals surface area contributed by atoms with Crippen LogP contribution in [0.15, 0.2) is 6.07 Å². The molecule has 1 aliphatic rings. The van der Waals surface area contributed by atoms with Crippen molar-refractivity contribution in [3.8, 4) is 11.5 Å². The van der Waals surface area contributed by atoms with Crippen LogP contribution in [0, 0.1) is 19.8 Å². The number of carboxylic acid groups (broad SMARTS) is 1.